The highest BCUT2D eigenvalue weighted by molar-refractivity contribution is 5.62. The largest absolute Gasteiger partial charge is 0.495 e. The quantitative estimate of drug-likeness (QED) is 0.108. The summed E-state index contributed by atoms with van der Waals surface area (Å²) in [4.78, 5) is 0. The second-order valence-corrected chi connectivity index (χ2v) is 10.5. The van der Waals surface area contributed by atoms with E-state index in [-0.39, 0.29) is 11.8 Å². The van der Waals surface area contributed by atoms with Crippen molar-refractivity contribution < 1.29 is 18.9 Å². The van der Waals surface area contributed by atoms with Gasteiger partial charge in [-0.25, -0.2) is 0 Å². The lowest BCUT2D eigenvalue weighted by Crippen LogP contribution is -2.08. The molecular formula is C36H38N4O4. The van der Waals surface area contributed by atoms with E-state index in [1.807, 2.05) is 72.8 Å². The highest BCUT2D eigenvalue weighted by Gasteiger charge is 2.23. The van der Waals surface area contributed by atoms with E-state index in [0.29, 0.717) is 45.7 Å². The van der Waals surface area contributed by atoms with Gasteiger partial charge in [-0.2, -0.15) is 0 Å². The van der Waals surface area contributed by atoms with E-state index in [1.165, 1.54) is 0 Å². The standard InChI is InChI=1S/C36H38N4O4/c1-41-31-17-23(9-13-27(31)37)35(24-10-14-28(38)32(18-24)42-2)21-5-7-22(8-6-21)36(25-11-15-29(39)33(19-25)43-3)26-12-16-30(40)34(20-26)44-4/h5-20,35-36H,37-40H2,1-4H3. The van der Waals surface area contributed by atoms with Gasteiger partial charge in [-0.05, 0) is 81.9 Å². The molecule has 0 spiro atoms. The zero-order valence-electron chi connectivity index (χ0n) is 25.3. The molecular weight excluding hydrogens is 552 g/mol. The number of hydrogen-bond donors (Lipinski definition) is 4. The molecule has 226 valence electrons. The van der Waals surface area contributed by atoms with Crippen molar-refractivity contribution in [2.75, 3.05) is 51.4 Å². The third-order valence-electron chi connectivity index (χ3n) is 7.97. The molecule has 0 bridgehead atoms. The highest BCUT2D eigenvalue weighted by Crippen LogP contribution is 2.41. The Morgan fingerprint density at radius 2 is 0.545 bits per heavy atom. The van der Waals surface area contributed by atoms with Gasteiger partial charge in [-0.15, -0.1) is 0 Å². The maximum Gasteiger partial charge on any atom is 0.142 e. The second-order valence-electron chi connectivity index (χ2n) is 10.5. The van der Waals surface area contributed by atoms with Crippen molar-refractivity contribution in [2.24, 2.45) is 0 Å². The summed E-state index contributed by atoms with van der Waals surface area (Å²) in [5, 5.41) is 0. The lowest BCUT2D eigenvalue weighted by molar-refractivity contribution is 0.415. The van der Waals surface area contributed by atoms with Crippen molar-refractivity contribution in [3.8, 4) is 23.0 Å². The summed E-state index contributed by atoms with van der Waals surface area (Å²) in [6, 6.07) is 32.0. The van der Waals surface area contributed by atoms with Crippen molar-refractivity contribution in [1.29, 1.82) is 0 Å². The van der Waals surface area contributed by atoms with Crippen LogP contribution in [0.2, 0.25) is 0 Å². The Balaban J connectivity index is 1.65. The van der Waals surface area contributed by atoms with Gasteiger partial charge >= 0.3 is 0 Å². The lowest BCUT2D eigenvalue weighted by Gasteiger charge is -2.24. The maximum atomic E-state index is 6.17. The van der Waals surface area contributed by atoms with Gasteiger partial charge in [0.05, 0.1) is 51.2 Å². The number of ether oxygens (including phenoxy) is 4. The number of nitrogens with two attached hydrogens (primary N) is 4. The summed E-state index contributed by atoms with van der Waals surface area (Å²) in [6.07, 6.45) is 0. The van der Waals surface area contributed by atoms with E-state index in [1.54, 1.807) is 28.4 Å². The predicted octanol–water partition coefficient (Wildman–Crippen LogP) is 6.41. The zero-order valence-corrected chi connectivity index (χ0v) is 25.3. The summed E-state index contributed by atoms with van der Waals surface area (Å²) in [6.45, 7) is 0. The second kappa shape index (κ2) is 12.8. The lowest BCUT2D eigenvalue weighted by atomic mass is 9.81. The first-order valence-corrected chi connectivity index (χ1v) is 14.1. The molecule has 0 heterocycles. The van der Waals surface area contributed by atoms with Crippen LogP contribution in [0, 0.1) is 0 Å². The number of methoxy groups -OCH3 is 4. The Labute approximate surface area is 258 Å². The minimum absolute atomic E-state index is 0.153. The van der Waals surface area contributed by atoms with Gasteiger partial charge in [-0.3, -0.25) is 0 Å². The zero-order chi connectivity index (χ0) is 31.4. The number of anilines is 4. The molecule has 5 rings (SSSR count). The molecule has 5 aromatic carbocycles. The van der Waals surface area contributed by atoms with E-state index < -0.39 is 0 Å². The third kappa shape index (κ3) is 5.87. The monoisotopic (exact) mass is 590 g/mol. The molecule has 0 saturated carbocycles. The first-order chi connectivity index (χ1) is 21.3. The average Bonchev–Trinajstić information content (AvgIpc) is 3.04. The Morgan fingerprint density at radius 1 is 0.341 bits per heavy atom. The van der Waals surface area contributed by atoms with Crippen LogP contribution < -0.4 is 41.9 Å². The van der Waals surface area contributed by atoms with E-state index in [4.69, 9.17) is 41.9 Å². The minimum Gasteiger partial charge on any atom is -0.495 e. The third-order valence-corrected chi connectivity index (χ3v) is 7.97. The molecule has 0 fully saturated rings. The summed E-state index contributed by atoms with van der Waals surface area (Å²) in [5.74, 6) is 2.14. The SMILES string of the molecule is COc1cc(C(c2ccc(C(c3ccc(N)c(OC)c3)c3ccc(N)c(OC)c3)cc2)c2ccc(N)c(OC)c2)ccc1N. The van der Waals surface area contributed by atoms with Gasteiger partial charge in [-0.1, -0.05) is 48.5 Å². The maximum absolute atomic E-state index is 6.17. The summed E-state index contributed by atoms with van der Waals surface area (Å²) in [7, 11) is 6.46. The molecule has 0 aliphatic heterocycles. The van der Waals surface area contributed by atoms with Crippen LogP contribution in [-0.2, 0) is 0 Å². The van der Waals surface area contributed by atoms with E-state index in [2.05, 4.69) is 24.3 Å². The molecule has 5 aromatic rings. The molecule has 0 aliphatic rings. The molecule has 0 amide bonds. The molecule has 44 heavy (non-hydrogen) atoms. The molecule has 8 nitrogen and oxygen atoms in total. The Bertz CT molecular complexity index is 1530. The van der Waals surface area contributed by atoms with E-state index in [9.17, 15) is 0 Å². The Morgan fingerprint density at radius 3 is 0.750 bits per heavy atom. The number of hydrogen-bond acceptors (Lipinski definition) is 8. The average molecular weight is 591 g/mol. The predicted molar refractivity (Wildman–Crippen MR) is 178 cm³/mol. The smallest absolute Gasteiger partial charge is 0.142 e. The van der Waals surface area contributed by atoms with Crippen LogP contribution in [0.15, 0.2) is 97.1 Å². The van der Waals surface area contributed by atoms with Crippen LogP contribution in [-0.4, -0.2) is 28.4 Å². The molecule has 8 N–H and O–H groups in total. The molecule has 0 aromatic heterocycles. The van der Waals surface area contributed by atoms with Crippen molar-refractivity contribution in [2.45, 2.75) is 11.8 Å². The van der Waals surface area contributed by atoms with Crippen LogP contribution in [0.25, 0.3) is 0 Å². The van der Waals surface area contributed by atoms with Crippen molar-refractivity contribution in [1.82, 2.24) is 0 Å². The fourth-order valence-electron chi connectivity index (χ4n) is 5.66. The van der Waals surface area contributed by atoms with Crippen LogP contribution in [0.4, 0.5) is 22.7 Å². The van der Waals surface area contributed by atoms with Gasteiger partial charge in [0, 0.05) is 11.8 Å². The summed E-state index contributed by atoms with van der Waals surface area (Å²) in [5.41, 5.74) is 33.1. The Hall–Kier alpha value is -5.50. The van der Waals surface area contributed by atoms with Gasteiger partial charge in [0.2, 0.25) is 0 Å². The normalized spacial score (nSPS) is 11.0. The van der Waals surface area contributed by atoms with E-state index >= 15 is 0 Å². The van der Waals surface area contributed by atoms with Crippen molar-refractivity contribution in [3.63, 3.8) is 0 Å². The number of nitrogen functional groups attached to an aromatic ring is 4. The molecule has 0 radical (unpaired) electrons. The fourth-order valence-corrected chi connectivity index (χ4v) is 5.66. The molecule has 8 heteroatoms. The van der Waals surface area contributed by atoms with Crippen molar-refractivity contribution >= 4 is 22.7 Å². The first-order valence-electron chi connectivity index (χ1n) is 14.1. The molecule has 0 atom stereocenters. The van der Waals surface area contributed by atoms with Gasteiger partial charge < -0.3 is 41.9 Å². The van der Waals surface area contributed by atoms with Crippen LogP contribution in [0.3, 0.4) is 0 Å². The number of rotatable bonds is 10. The summed E-state index contributed by atoms with van der Waals surface area (Å²) < 4.78 is 22.3. The first kappa shape index (κ1) is 30.0. The summed E-state index contributed by atoms with van der Waals surface area (Å²) >= 11 is 0. The molecule has 0 saturated heterocycles. The minimum atomic E-state index is -0.153. The van der Waals surface area contributed by atoms with Gasteiger partial charge in [0.15, 0.2) is 0 Å². The molecule has 0 unspecified atom stereocenters. The van der Waals surface area contributed by atoms with Crippen molar-refractivity contribution in [3.05, 3.63) is 130 Å². The topological polar surface area (TPSA) is 141 Å². The highest BCUT2D eigenvalue weighted by atomic mass is 16.5. The Kier molecular flexibility index (Phi) is 8.71. The van der Waals surface area contributed by atoms with Gasteiger partial charge in [0.25, 0.3) is 0 Å². The van der Waals surface area contributed by atoms with Crippen LogP contribution in [0.5, 0.6) is 23.0 Å². The molecule has 0 aliphatic carbocycles. The fraction of sp³-hybridized carbons (Fsp3) is 0.167. The van der Waals surface area contributed by atoms with Crippen LogP contribution >= 0.6 is 0 Å². The van der Waals surface area contributed by atoms with Gasteiger partial charge in [0.1, 0.15) is 23.0 Å². The number of benzene rings is 5. The van der Waals surface area contributed by atoms with Crippen LogP contribution in [0.1, 0.15) is 45.2 Å². The van der Waals surface area contributed by atoms with E-state index in [0.717, 1.165) is 33.4 Å².